The molecule has 2 aromatic carbocycles. The molecule has 0 aliphatic carbocycles. The largest absolute Gasteiger partial charge is 0.484 e. The van der Waals surface area contributed by atoms with Gasteiger partial charge in [-0.15, -0.1) is 0 Å². The summed E-state index contributed by atoms with van der Waals surface area (Å²) in [5.41, 5.74) is 1.73. The zero-order valence-electron chi connectivity index (χ0n) is 16.4. The van der Waals surface area contributed by atoms with E-state index in [-0.39, 0.29) is 34.5 Å². The fraction of sp³-hybridized carbons (Fsp3) is 0.0833. The van der Waals surface area contributed by atoms with Gasteiger partial charge in [0.1, 0.15) is 18.1 Å². The van der Waals surface area contributed by atoms with E-state index in [2.05, 4.69) is 22.1 Å². The summed E-state index contributed by atoms with van der Waals surface area (Å²) in [7, 11) is -3.85. The molecule has 0 amide bonds. The molecule has 6 nitrogen and oxygen atoms in total. The van der Waals surface area contributed by atoms with Gasteiger partial charge in [-0.1, -0.05) is 12.1 Å². The second kappa shape index (κ2) is 9.40. The number of ether oxygens (including phenoxy) is 2. The van der Waals surface area contributed by atoms with E-state index in [1.54, 1.807) is 49.1 Å². The van der Waals surface area contributed by atoms with E-state index >= 15 is 0 Å². The van der Waals surface area contributed by atoms with Gasteiger partial charge >= 0.3 is 0 Å². The topological polar surface area (TPSA) is 78.4 Å². The van der Waals surface area contributed by atoms with Crippen LogP contribution in [0.25, 0.3) is 0 Å². The molecule has 0 aliphatic heterocycles. The Balaban J connectivity index is 1.71. The summed E-state index contributed by atoms with van der Waals surface area (Å²) in [6, 6.07) is 22.1. The maximum absolute atomic E-state index is 13.3. The van der Waals surface area contributed by atoms with E-state index in [1.807, 2.05) is 12.1 Å². The van der Waals surface area contributed by atoms with Gasteiger partial charge in [-0.2, -0.15) is 0 Å². The fourth-order valence-electron chi connectivity index (χ4n) is 2.85. The zero-order chi connectivity index (χ0) is 21.5. The summed E-state index contributed by atoms with van der Waals surface area (Å²) >= 11 is 0. The molecule has 0 spiro atoms. The molecule has 4 aromatic rings. The van der Waals surface area contributed by atoms with Crippen molar-refractivity contribution in [3.05, 3.63) is 109 Å². The van der Waals surface area contributed by atoms with Crippen LogP contribution in [0.1, 0.15) is 11.1 Å². The Morgan fingerprint density at radius 2 is 1.32 bits per heavy atom. The third-order valence-corrected chi connectivity index (χ3v) is 6.22. The minimum Gasteiger partial charge on any atom is -0.484 e. The molecule has 4 rings (SSSR count). The first-order valence-electron chi connectivity index (χ1n) is 9.44. The van der Waals surface area contributed by atoms with Gasteiger partial charge in [-0.05, 0) is 65.7 Å². The number of benzene rings is 2. The number of hydrogen-bond acceptors (Lipinski definition) is 6. The highest BCUT2D eigenvalue weighted by molar-refractivity contribution is 7.91. The van der Waals surface area contributed by atoms with Crippen LogP contribution in [-0.2, 0) is 23.1 Å². The molecular formula is C24H18N2O4S. The second-order valence-electron chi connectivity index (χ2n) is 6.53. The Morgan fingerprint density at radius 3 is 1.94 bits per heavy atom. The lowest BCUT2D eigenvalue weighted by Crippen LogP contribution is -2.08. The lowest BCUT2D eigenvalue weighted by molar-refractivity contribution is 0.249. The van der Waals surface area contributed by atoms with Crippen LogP contribution in [0.15, 0.2) is 95.2 Å². The average molecular weight is 430 g/mol. The van der Waals surface area contributed by atoms with Crippen molar-refractivity contribution in [2.24, 2.45) is 0 Å². The summed E-state index contributed by atoms with van der Waals surface area (Å²) in [4.78, 5) is 8.13. The first kappa shape index (κ1) is 20.6. The summed E-state index contributed by atoms with van der Waals surface area (Å²) in [6.07, 6.45) is 6.62. The lowest BCUT2D eigenvalue weighted by atomic mass is 10.2. The third-order valence-electron chi connectivity index (χ3n) is 4.43. The number of aromatic nitrogens is 2. The molecule has 0 unspecified atom stereocenters. The Hall–Kier alpha value is -3.71. The van der Waals surface area contributed by atoms with Gasteiger partial charge in [0, 0.05) is 30.9 Å². The van der Waals surface area contributed by atoms with E-state index in [0.29, 0.717) is 0 Å². The third kappa shape index (κ3) is 4.90. The van der Waals surface area contributed by atoms with Crippen LogP contribution in [0.5, 0.6) is 11.5 Å². The van der Waals surface area contributed by atoms with Gasteiger partial charge in [-0.3, -0.25) is 9.97 Å². The molecule has 2 aromatic heterocycles. The number of nitrogens with zero attached hydrogens (tertiary/aromatic N) is 2. The van der Waals surface area contributed by atoms with Crippen molar-refractivity contribution in [2.45, 2.75) is 23.0 Å². The van der Waals surface area contributed by atoms with Crippen molar-refractivity contribution < 1.29 is 17.9 Å². The van der Waals surface area contributed by atoms with Crippen molar-refractivity contribution >= 4 is 9.84 Å². The maximum Gasteiger partial charge on any atom is 0.210 e. The Morgan fingerprint density at radius 1 is 0.742 bits per heavy atom. The summed E-state index contributed by atoms with van der Waals surface area (Å²) < 4.78 is 38.5. The molecule has 2 heterocycles. The van der Waals surface area contributed by atoms with Crippen LogP contribution in [0, 0.1) is 12.1 Å². The molecule has 0 bridgehead atoms. The predicted octanol–water partition coefficient (Wildman–Crippen LogP) is 4.07. The van der Waals surface area contributed by atoms with Crippen LogP contribution >= 0.6 is 0 Å². The van der Waals surface area contributed by atoms with Crippen molar-refractivity contribution in [2.75, 3.05) is 0 Å². The fourth-order valence-corrected chi connectivity index (χ4v) is 4.24. The molecule has 0 atom stereocenters. The highest BCUT2D eigenvalue weighted by atomic mass is 32.2. The summed E-state index contributed by atoms with van der Waals surface area (Å²) in [5.74, 6) is 0.329. The normalized spacial score (nSPS) is 11.1. The van der Waals surface area contributed by atoms with E-state index in [1.165, 1.54) is 24.3 Å². The Bertz CT molecular complexity index is 1230. The minimum atomic E-state index is -3.85. The minimum absolute atomic E-state index is 0.0104. The monoisotopic (exact) mass is 430 g/mol. The Kier molecular flexibility index (Phi) is 6.24. The molecule has 0 saturated heterocycles. The summed E-state index contributed by atoms with van der Waals surface area (Å²) in [6.45, 7) is 0.367. The highest BCUT2D eigenvalue weighted by Gasteiger charge is 2.25. The molecule has 154 valence electrons. The van der Waals surface area contributed by atoms with Gasteiger partial charge in [0.25, 0.3) is 0 Å². The number of hydrogen-bond donors (Lipinski definition) is 0. The molecule has 2 radical (unpaired) electrons. The molecule has 7 heteroatoms. The van der Waals surface area contributed by atoms with E-state index < -0.39 is 9.84 Å². The van der Waals surface area contributed by atoms with Crippen molar-refractivity contribution in [3.8, 4) is 11.5 Å². The van der Waals surface area contributed by atoms with Crippen molar-refractivity contribution in [1.82, 2.24) is 9.97 Å². The Labute approximate surface area is 181 Å². The number of rotatable bonds is 8. The number of sulfone groups is 1. The lowest BCUT2D eigenvalue weighted by Gasteiger charge is -2.16. The molecule has 0 saturated carbocycles. The van der Waals surface area contributed by atoms with Crippen LogP contribution in [0.4, 0.5) is 0 Å². The molecule has 0 N–H and O–H groups in total. The quantitative estimate of drug-likeness (QED) is 0.419. The van der Waals surface area contributed by atoms with Crippen LogP contribution < -0.4 is 9.47 Å². The summed E-state index contributed by atoms with van der Waals surface area (Å²) in [5, 5.41) is 0. The highest BCUT2D eigenvalue weighted by Crippen LogP contribution is 2.37. The smallest absolute Gasteiger partial charge is 0.210 e. The van der Waals surface area contributed by atoms with E-state index in [9.17, 15) is 8.42 Å². The van der Waals surface area contributed by atoms with Crippen LogP contribution in [0.3, 0.4) is 0 Å². The van der Waals surface area contributed by atoms with Crippen molar-refractivity contribution in [1.29, 1.82) is 0 Å². The van der Waals surface area contributed by atoms with Gasteiger partial charge in [-0.25, -0.2) is 8.42 Å². The molecular weight excluding hydrogens is 412 g/mol. The average Bonchev–Trinajstić information content (AvgIpc) is 2.83. The first-order chi connectivity index (χ1) is 15.1. The SMILES string of the molecule is O=S(=O)(c1cc[c]cc1)c1cc[c]c(OCc2ccncc2)c1OCc1ccncc1. The van der Waals surface area contributed by atoms with Crippen molar-refractivity contribution in [3.63, 3.8) is 0 Å². The standard InChI is InChI=1S/C24H18N2O4S/c27-31(28,21-5-2-1-3-6-21)23-8-4-7-22(29-17-19-9-13-25-14-10-19)24(23)30-18-20-11-15-26-16-12-20/h2-6,8-16H,17-18H2. The number of pyridine rings is 2. The molecule has 31 heavy (non-hydrogen) atoms. The van der Waals surface area contributed by atoms with Gasteiger partial charge < -0.3 is 9.47 Å². The van der Waals surface area contributed by atoms with Gasteiger partial charge in [0.2, 0.25) is 9.84 Å². The van der Waals surface area contributed by atoms with Gasteiger partial charge in [0.15, 0.2) is 11.5 Å². The zero-order valence-corrected chi connectivity index (χ0v) is 17.2. The predicted molar refractivity (Wildman–Crippen MR) is 113 cm³/mol. The van der Waals surface area contributed by atoms with Crippen LogP contribution in [0.2, 0.25) is 0 Å². The van der Waals surface area contributed by atoms with Crippen LogP contribution in [-0.4, -0.2) is 18.4 Å². The second-order valence-corrected chi connectivity index (χ2v) is 8.45. The maximum atomic E-state index is 13.3. The first-order valence-corrected chi connectivity index (χ1v) is 10.9. The van der Waals surface area contributed by atoms with Gasteiger partial charge in [0.05, 0.1) is 4.90 Å². The van der Waals surface area contributed by atoms with E-state index in [0.717, 1.165) is 11.1 Å². The van der Waals surface area contributed by atoms with E-state index in [4.69, 9.17) is 9.47 Å². The molecule has 0 aliphatic rings. The molecule has 0 fully saturated rings.